The summed E-state index contributed by atoms with van der Waals surface area (Å²) in [5, 5.41) is 3.77. The molecule has 0 radical (unpaired) electrons. The average molecular weight is 368 g/mol. The molecule has 1 atom stereocenters. The number of rotatable bonds is 5. The number of carbonyl (C=O) groups is 1. The molecule has 25 heavy (non-hydrogen) atoms. The van der Waals surface area contributed by atoms with E-state index in [-0.39, 0.29) is 23.7 Å². The number of likely N-dealkylation sites (tertiary alicyclic amines) is 1. The van der Waals surface area contributed by atoms with Crippen molar-refractivity contribution in [1.82, 2.24) is 9.88 Å². The zero-order valence-corrected chi connectivity index (χ0v) is 15.4. The van der Waals surface area contributed by atoms with Gasteiger partial charge in [-0.05, 0) is 44.4 Å². The first-order valence-electron chi connectivity index (χ1n) is 8.04. The lowest BCUT2D eigenvalue weighted by atomic mass is 10.1. The summed E-state index contributed by atoms with van der Waals surface area (Å²) in [5.74, 6) is 0.784. The normalized spacial score (nSPS) is 17.1. The van der Waals surface area contributed by atoms with Crippen molar-refractivity contribution in [2.45, 2.75) is 39.3 Å². The second-order valence-corrected chi connectivity index (χ2v) is 7.26. The van der Waals surface area contributed by atoms with E-state index in [9.17, 15) is 4.79 Å². The second kappa shape index (κ2) is 8.27. The van der Waals surface area contributed by atoms with Crippen LogP contribution in [-0.2, 0) is 11.3 Å². The van der Waals surface area contributed by atoms with Crippen molar-refractivity contribution in [1.29, 1.82) is 0 Å². The first-order valence-corrected chi connectivity index (χ1v) is 8.42. The van der Waals surface area contributed by atoms with Crippen molar-refractivity contribution < 1.29 is 14.3 Å². The molecule has 2 heterocycles. The lowest BCUT2D eigenvalue weighted by Crippen LogP contribution is -2.35. The quantitative estimate of drug-likeness (QED) is 0.337. The van der Waals surface area contributed by atoms with Gasteiger partial charge < -0.3 is 14.4 Å². The highest BCUT2D eigenvalue weighted by Gasteiger charge is 2.30. The predicted molar refractivity (Wildman–Crippen MR) is 93.5 cm³/mol. The molecule has 1 aromatic heterocycles. The number of azide groups is 1. The smallest absolute Gasteiger partial charge is 0.410 e. The Labute approximate surface area is 151 Å². The average Bonchev–Trinajstić information content (AvgIpc) is 3.00. The molecule has 0 aromatic carbocycles. The highest BCUT2D eigenvalue weighted by molar-refractivity contribution is 6.30. The van der Waals surface area contributed by atoms with Crippen LogP contribution in [0.1, 0.15) is 32.8 Å². The van der Waals surface area contributed by atoms with Crippen LogP contribution in [0.3, 0.4) is 0 Å². The fourth-order valence-electron chi connectivity index (χ4n) is 2.44. The lowest BCUT2D eigenvalue weighted by Gasteiger charge is -2.24. The second-order valence-electron chi connectivity index (χ2n) is 6.90. The molecule has 136 valence electrons. The molecule has 0 spiro atoms. The van der Waals surface area contributed by atoms with Gasteiger partial charge in [-0.25, -0.2) is 9.78 Å². The summed E-state index contributed by atoms with van der Waals surface area (Å²) in [5.41, 5.74) is 8.51. The summed E-state index contributed by atoms with van der Waals surface area (Å²) in [6.07, 6.45) is 2.09. The molecule has 0 N–H and O–H groups in total. The van der Waals surface area contributed by atoms with Crippen molar-refractivity contribution in [3.8, 4) is 5.75 Å². The van der Waals surface area contributed by atoms with Gasteiger partial charge in [0.1, 0.15) is 16.5 Å². The van der Waals surface area contributed by atoms with Gasteiger partial charge in [0.05, 0.1) is 19.3 Å². The van der Waals surface area contributed by atoms with Crippen LogP contribution in [-0.4, -0.2) is 41.3 Å². The van der Waals surface area contributed by atoms with Crippen LogP contribution >= 0.6 is 11.6 Å². The maximum absolute atomic E-state index is 12.1. The number of hydrogen-bond acceptors (Lipinski definition) is 5. The summed E-state index contributed by atoms with van der Waals surface area (Å²) in [6.45, 7) is 7.39. The van der Waals surface area contributed by atoms with E-state index in [1.807, 2.05) is 20.8 Å². The van der Waals surface area contributed by atoms with Crippen LogP contribution in [0.4, 0.5) is 4.79 Å². The Kier molecular flexibility index (Phi) is 6.33. The summed E-state index contributed by atoms with van der Waals surface area (Å²) < 4.78 is 11.1. The third-order valence-electron chi connectivity index (χ3n) is 3.61. The molecule has 8 nitrogen and oxygen atoms in total. The van der Waals surface area contributed by atoms with Gasteiger partial charge >= 0.3 is 6.09 Å². The molecule has 0 bridgehead atoms. The molecule has 1 amide bonds. The topological polar surface area (TPSA) is 100 Å². The van der Waals surface area contributed by atoms with Crippen LogP contribution in [0.15, 0.2) is 17.4 Å². The van der Waals surface area contributed by atoms with Gasteiger partial charge in [0.25, 0.3) is 0 Å². The third-order valence-corrected chi connectivity index (χ3v) is 3.95. The first-order chi connectivity index (χ1) is 11.8. The van der Waals surface area contributed by atoms with Crippen molar-refractivity contribution in [2.24, 2.45) is 11.0 Å². The molecule has 1 saturated heterocycles. The fraction of sp³-hybridized carbons (Fsp3) is 0.625. The Balaban J connectivity index is 1.86. The molecule has 2 rings (SSSR count). The van der Waals surface area contributed by atoms with Gasteiger partial charge in [0.2, 0.25) is 0 Å². The molecule has 1 aromatic rings. The standard InChI is InChI=1S/C16H22ClN5O3/c1-16(2,3)25-15(23)22-5-4-11(9-22)10-24-13-6-12(7-20-21-18)14(17)19-8-13/h6,8,11H,4-5,7,9-10H2,1-3H3/t11-/m1/s1. The van der Waals surface area contributed by atoms with Crippen LogP contribution in [0.25, 0.3) is 10.4 Å². The van der Waals surface area contributed by atoms with Crippen molar-refractivity contribution in [3.05, 3.63) is 33.4 Å². The number of pyridine rings is 1. The van der Waals surface area contributed by atoms with Gasteiger partial charge in [-0.15, -0.1) is 0 Å². The minimum absolute atomic E-state index is 0.120. The van der Waals surface area contributed by atoms with Gasteiger partial charge in [0, 0.05) is 23.9 Å². The first kappa shape index (κ1) is 19.1. The molecular weight excluding hydrogens is 346 g/mol. The molecule has 0 aliphatic carbocycles. The fourth-order valence-corrected chi connectivity index (χ4v) is 2.61. The monoisotopic (exact) mass is 367 g/mol. The summed E-state index contributed by atoms with van der Waals surface area (Å²) in [4.78, 5) is 20.5. The van der Waals surface area contributed by atoms with E-state index in [0.717, 1.165) is 6.42 Å². The Morgan fingerprint density at radius 2 is 2.32 bits per heavy atom. The number of nitrogens with zero attached hydrogens (tertiary/aromatic N) is 5. The number of amides is 1. The van der Waals surface area contributed by atoms with E-state index in [1.165, 1.54) is 6.20 Å². The minimum Gasteiger partial charge on any atom is -0.492 e. The Morgan fingerprint density at radius 1 is 1.56 bits per heavy atom. The summed E-state index contributed by atoms with van der Waals surface area (Å²) >= 11 is 5.96. The number of halogens is 1. The van der Waals surface area contributed by atoms with Crippen LogP contribution in [0.5, 0.6) is 5.75 Å². The molecule has 0 saturated carbocycles. The Hall–Kier alpha value is -2.18. The number of ether oxygens (including phenoxy) is 2. The number of aromatic nitrogens is 1. The maximum atomic E-state index is 12.1. The van der Waals surface area contributed by atoms with Gasteiger partial charge in [0.15, 0.2) is 0 Å². The SMILES string of the molecule is CC(C)(C)OC(=O)N1CC[C@@H](COc2cnc(Cl)c(CN=[N+]=[N-])c2)C1. The van der Waals surface area contributed by atoms with Gasteiger partial charge in [-0.1, -0.05) is 16.7 Å². The van der Waals surface area contributed by atoms with Crippen LogP contribution in [0.2, 0.25) is 5.15 Å². The predicted octanol–water partition coefficient (Wildman–Crippen LogP) is 4.18. The molecule has 1 aliphatic rings. The van der Waals surface area contributed by atoms with Gasteiger partial charge in [-0.3, -0.25) is 0 Å². The lowest BCUT2D eigenvalue weighted by molar-refractivity contribution is 0.0285. The van der Waals surface area contributed by atoms with E-state index in [0.29, 0.717) is 31.0 Å². The third kappa shape index (κ3) is 5.99. The molecule has 1 fully saturated rings. The zero-order chi connectivity index (χ0) is 18.4. The van der Waals surface area contributed by atoms with E-state index < -0.39 is 5.60 Å². The highest BCUT2D eigenvalue weighted by atomic mass is 35.5. The summed E-state index contributed by atoms with van der Waals surface area (Å²) in [7, 11) is 0. The molecule has 1 aliphatic heterocycles. The maximum Gasteiger partial charge on any atom is 0.410 e. The van der Waals surface area contributed by atoms with Crippen LogP contribution in [0, 0.1) is 5.92 Å². The minimum atomic E-state index is -0.497. The van der Waals surface area contributed by atoms with Crippen LogP contribution < -0.4 is 4.74 Å². The van der Waals surface area contributed by atoms with E-state index in [4.69, 9.17) is 26.6 Å². The highest BCUT2D eigenvalue weighted by Crippen LogP contribution is 2.23. The largest absolute Gasteiger partial charge is 0.492 e. The van der Waals surface area contributed by atoms with Crippen molar-refractivity contribution in [3.63, 3.8) is 0 Å². The summed E-state index contributed by atoms with van der Waals surface area (Å²) in [6, 6.07) is 1.71. The molecule has 0 unspecified atom stereocenters. The Bertz CT molecular complexity index is 670. The van der Waals surface area contributed by atoms with E-state index in [2.05, 4.69) is 15.0 Å². The molecular formula is C16H22ClN5O3. The number of carbonyl (C=O) groups excluding carboxylic acids is 1. The van der Waals surface area contributed by atoms with Crippen molar-refractivity contribution in [2.75, 3.05) is 19.7 Å². The Morgan fingerprint density at radius 3 is 3.00 bits per heavy atom. The van der Waals surface area contributed by atoms with Gasteiger partial charge in [-0.2, -0.15) is 0 Å². The zero-order valence-electron chi connectivity index (χ0n) is 14.6. The molecule has 9 heteroatoms. The number of hydrogen-bond donors (Lipinski definition) is 0. The van der Waals surface area contributed by atoms with E-state index in [1.54, 1.807) is 11.0 Å². The van der Waals surface area contributed by atoms with Crippen molar-refractivity contribution >= 4 is 17.7 Å². The van der Waals surface area contributed by atoms with E-state index >= 15 is 0 Å².